The minimum absolute atomic E-state index is 1.34. The first-order valence-corrected chi connectivity index (χ1v) is 1.74. The zero-order chi connectivity index (χ0) is 5.54. The smallest absolute Gasteiger partial charge is 0.116 e. The number of hydrogen-bond acceptors (Lipinski definition) is 2. The van der Waals surface area contributed by atoms with Crippen LogP contribution in [0.5, 0.6) is 0 Å². The van der Waals surface area contributed by atoms with Crippen molar-refractivity contribution in [3.63, 3.8) is 0 Å². The van der Waals surface area contributed by atoms with Crippen LogP contribution in [-0.4, -0.2) is 13.3 Å². The van der Waals surface area contributed by atoms with Crippen molar-refractivity contribution in [1.29, 1.82) is 0 Å². The number of hydrogen-bond donors (Lipinski definition) is 0. The van der Waals surface area contributed by atoms with E-state index in [1.807, 2.05) is 0 Å². The van der Waals surface area contributed by atoms with Gasteiger partial charge in [0.25, 0.3) is 0 Å². The molecule has 0 saturated heterocycles. The monoisotopic (exact) mass is 96.0 g/mol. The van der Waals surface area contributed by atoms with Gasteiger partial charge in [0.05, 0.1) is 0 Å². The van der Waals surface area contributed by atoms with Gasteiger partial charge >= 0.3 is 0 Å². The highest BCUT2D eigenvalue weighted by atomic mass is 16.6. The minimum Gasteiger partial charge on any atom is -0.399 e. The third-order valence-corrected chi connectivity index (χ3v) is 0.325. The number of nitrogens with zero attached hydrogens (tertiary/aromatic N) is 1. The largest absolute Gasteiger partial charge is 0.399 e. The highest BCUT2D eigenvalue weighted by Gasteiger charge is 1.54. The molecule has 2 heteroatoms. The molecule has 0 spiro atoms. The van der Waals surface area contributed by atoms with Crippen LogP contribution >= 0.6 is 0 Å². The Morgan fingerprint density at radius 2 is 2.57 bits per heavy atom. The predicted octanol–water partition coefficient (Wildman–Crippen LogP) is 0.456. The van der Waals surface area contributed by atoms with E-state index in [0.717, 1.165) is 0 Å². The summed E-state index contributed by atoms with van der Waals surface area (Å²) in [4.78, 5) is 4.28. The molecule has 0 atom stereocenters. The Balaban J connectivity index is 3.21. The molecule has 0 aliphatic heterocycles. The molecule has 7 heavy (non-hydrogen) atoms. The van der Waals surface area contributed by atoms with Crippen LogP contribution in [0.15, 0.2) is 5.16 Å². The van der Waals surface area contributed by atoms with E-state index in [1.54, 1.807) is 0 Å². The first kappa shape index (κ1) is 6.03. The van der Waals surface area contributed by atoms with Crippen LogP contribution in [0.25, 0.3) is 0 Å². The SMILES string of the molecule is [CH2]C#C/C=N\OC. The molecule has 0 bridgehead atoms. The Kier molecular flexibility index (Phi) is 4.33. The summed E-state index contributed by atoms with van der Waals surface area (Å²) in [7, 11) is 1.46. The van der Waals surface area contributed by atoms with E-state index < -0.39 is 0 Å². The van der Waals surface area contributed by atoms with Gasteiger partial charge in [-0.2, -0.15) is 0 Å². The summed E-state index contributed by atoms with van der Waals surface area (Å²) in [6.07, 6.45) is 1.34. The number of oxime groups is 1. The summed E-state index contributed by atoms with van der Waals surface area (Å²) in [6.45, 7) is 3.25. The highest BCUT2D eigenvalue weighted by molar-refractivity contribution is 5.77. The van der Waals surface area contributed by atoms with Crippen molar-refractivity contribution in [3.05, 3.63) is 6.92 Å². The average molecular weight is 96.1 g/mol. The maximum Gasteiger partial charge on any atom is 0.116 e. The van der Waals surface area contributed by atoms with E-state index in [-0.39, 0.29) is 0 Å². The van der Waals surface area contributed by atoms with E-state index in [1.165, 1.54) is 13.3 Å². The van der Waals surface area contributed by atoms with Gasteiger partial charge in [0, 0.05) is 6.92 Å². The summed E-state index contributed by atoms with van der Waals surface area (Å²) in [6, 6.07) is 0. The van der Waals surface area contributed by atoms with Crippen molar-refractivity contribution < 1.29 is 4.84 Å². The molecule has 0 rings (SSSR count). The molecule has 0 aliphatic rings. The zero-order valence-corrected chi connectivity index (χ0v) is 4.14. The van der Waals surface area contributed by atoms with E-state index >= 15 is 0 Å². The van der Waals surface area contributed by atoms with Crippen molar-refractivity contribution in [2.24, 2.45) is 5.16 Å². The van der Waals surface area contributed by atoms with Crippen LogP contribution in [0, 0.1) is 18.8 Å². The lowest BCUT2D eigenvalue weighted by molar-refractivity contribution is 0.216. The molecule has 0 aliphatic carbocycles. The van der Waals surface area contributed by atoms with Crippen molar-refractivity contribution in [2.75, 3.05) is 7.11 Å². The molecule has 0 saturated carbocycles. The number of rotatable bonds is 1. The van der Waals surface area contributed by atoms with Crippen molar-refractivity contribution in [3.8, 4) is 11.8 Å². The van der Waals surface area contributed by atoms with Crippen molar-refractivity contribution in [2.45, 2.75) is 0 Å². The molecule has 0 N–H and O–H groups in total. The molecular formula is C5H6NO. The fourth-order valence-electron chi connectivity index (χ4n) is 0.125. The molecule has 1 radical (unpaired) electrons. The van der Waals surface area contributed by atoms with Gasteiger partial charge in [-0.25, -0.2) is 0 Å². The summed E-state index contributed by atoms with van der Waals surface area (Å²) in [5.41, 5.74) is 0. The lowest BCUT2D eigenvalue weighted by atomic mass is 10.6. The quantitative estimate of drug-likeness (QED) is 0.264. The van der Waals surface area contributed by atoms with Gasteiger partial charge in [-0.1, -0.05) is 17.0 Å². The Morgan fingerprint density at radius 1 is 1.86 bits per heavy atom. The maximum atomic E-state index is 4.28. The molecule has 2 nitrogen and oxygen atoms in total. The molecular weight excluding hydrogens is 90.1 g/mol. The lowest BCUT2D eigenvalue weighted by Gasteiger charge is -1.75. The summed E-state index contributed by atoms with van der Waals surface area (Å²) in [5.74, 6) is 4.84. The average Bonchev–Trinajstić information content (AvgIpc) is 1.69. The predicted molar refractivity (Wildman–Crippen MR) is 28.6 cm³/mol. The highest BCUT2D eigenvalue weighted by Crippen LogP contribution is 1.59. The second-order valence-corrected chi connectivity index (χ2v) is 0.738. The third-order valence-electron chi connectivity index (χ3n) is 0.325. The van der Waals surface area contributed by atoms with Crippen molar-refractivity contribution >= 4 is 6.21 Å². The second kappa shape index (κ2) is 5.03. The minimum atomic E-state index is 1.34. The molecule has 0 amide bonds. The molecule has 0 fully saturated rings. The molecule has 0 heterocycles. The Labute approximate surface area is 43.2 Å². The molecule has 0 aromatic heterocycles. The summed E-state index contributed by atoms with van der Waals surface area (Å²) < 4.78 is 0. The van der Waals surface area contributed by atoms with Gasteiger partial charge in [-0.05, 0) is 0 Å². The normalized spacial score (nSPS) is 7.71. The fourth-order valence-corrected chi connectivity index (χ4v) is 0.125. The Bertz CT molecular complexity index is 107. The van der Waals surface area contributed by atoms with Gasteiger partial charge in [0.15, 0.2) is 0 Å². The van der Waals surface area contributed by atoms with E-state index in [2.05, 4.69) is 28.8 Å². The maximum absolute atomic E-state index is 4.28. The molecule has 0 unspecified atom stereocenters. The third kappa shape index (κ3) is 5.03. The van der Waals surface area contributed by atoms with E-state index in [9.17, 15) is 0 Å². The Hall–Kier alpha value is -0.970. The first-order valence-electron chi connectivity index (χ1n) is 1.74. The van der Waals surface area contributed by atoms with Crippen LogP contribution in [-0.2, 0) is 4.84 Å². The van der Waals surface area contributed by atoms with Crippen LogP contribution in [0.3, 0.4) is 0 Å². The molecule has 37 valence electrons. The van der Waals surface area contributed by atoms with Gasteiger partial charge in [-0.3, -0.25) is 0 Å². The summed E-state index contributed by atoms with van der Waals surface area (Å²) in [5, 5.41) is 3.32. The second-order valence-electron chi connectivity index (χ2n) is 0.738. The molecule has 0 aromatic rings. The zero-order valence-electron chi connectivity index (χ0n) is 4.14. The first-order chi connectivity index (χ1) is 3.41. The van der Waals surface area contributed by atoms with E-state index in [0.29, 0.717) is 0 Å². The van der Waals surface area contributed by atoms with E-state index in [4.69, 9.17) is 0 Å². The summed E-state index contributed by atoms with van der Waals surface area (Å²) >= 11 is 0. The van der Waals surface area contributed by atoms with Gasteiger partial charge < -0.3 is 4.84 Å². The standard InChI is InChI=1S/C5H6NO/c1-3-4-5-6-7-2/h5H,1H2,2H3/b6-5-. The van der Waals surface area contributed by atoms with Crippen molar-refractivity contribution in [1.82, 2.24) is 0 Å². The molecule has 0 aromatic carbocycles. The Morgan fingerprint density at radius 3 is 3.00 bits per heavy atom. The van der Waals surface area contributed by atoms with Crippen LogP contribution in [0.4, 0.5) is 0 Å². The lowest BCUT2D eigenvalue weighted by Crippen LogP contribution is -1.67. The topological polar surface area (TPSA) is 21.6 Å². The van der Waals surface area contributed by atoms with Crippen LogP contribution in [0.2, 0.25) is 0 Å². The van der Waals surface area contributed by atoms with Gasteiger partial charge in [-0.15, -0.1) is 0 Å². The van der Waals surface area contributed by atoms with Crippen LogP contribution < -0.4 is 0 Å². The van der Waals surface area contributed by atoms with Gasteiger partial charge in [0.2, 0.25) is 0 Å². The van der Waals surface area contributed by atoms with Gasteiger partial charge in [0.1, 0.15) is 13.3 Å². The van der Waals surface area contributed by atoms with Crippen LogP contribution in [0.1, 0.15) is 0 Å². The fraction of sp³-hybridized carbons (Fsp3) is 0.200.